The van der Waals surface area contributed by atoms with E-state index >= 15 is 0 Å². The summed E-state index contributed by atoms with van der Waals surface area (Å²) in [6.45, 7) is 5.23. The molecule has 5 nitrogen and oxygen atoms in total. The Kier molecular flexibility index (Phi) is 5.06. The number of alkyl halides is 3. The number of benzene rings is 1. The van der Waals surface area contributed by atoms with Crippen LogP contribution in [0.3, 0.4) is 0 Å². The van der Waals surface area contributed by atoms with Crippen molar-refractivity contribution in [2.75, 3.05) is 5.32 Å². The zero-order valence-corrected chi connectivity index (χ0v) is 13.4. The number of nitrogens with zero attached hydrogens (tertiary/aromatic N) is 2. The minimum Gasteiger partial charge on any atom is -0.349 e. The zero-order valence-electron chi connectivity index (χ0n) is 13.4. The first-order valence-electron chi connectivity index (χ1n) is 7.26. The van der Waals surface area contributed by atoms with Crippen LogP contribution in [-0.4, -0.2) is 21.9 Å². The highest BCUT2D eigenvalue weighted by molar-refractivity contribution is 5.93. The molecule has 24 heavy (non-hydrogen) atoms. The molecule has 0 aliphatic heterocycles. The molecule has 2 N–H and O–H groups in total. The molecule has 0 aliphatic carbocycles. The Balaban J connectivity index is 2.27. The molecule has 8 heteroatoms. The van der Waals surface area contributed by atoms with Crippen LogP contribution >= 0.6 is 0 Å². The highest BCUT2D eigenvalue weighted by Gasteiger charge is 2.30. The van der Waals surface area contributed by atoms with Gasteiger partial charge in [0.15, 0.2) is 0 Å². The van der Waals surface area contributed by atoms with Gasteiger partial charge in [-0.1, -0.05) is 6.07 Å². The number of carbonyl (C=O) groups is 1. The minimum absolute atomic E-state index is 0.0624. The molecule has 1 heterocycles. The molecule has 2 aromatic rings. The first-order chi connectivity index (χ1) is 11.1. The Bertz CT molecular complexity index is 744. The number of hydrogen-bond donors (Lipinski definition) is 2. The van der Waals surface area contributed by atoms with Crippen LogP contribution in [0.25, 0.3) is 0 Å². The van der Waals surface area contributed by atoms with Gasteiger partial charge in [-0.3, -0.25) is 4.79 Å². The van der Waals surface area contributed by atoms with Gasteiger partial charge >= 0.3 is 6.18 Å². The maximum Gasteiger partial charge on any atom is 0.416 e. The minimum atomic E-state index is -4.43. The van der Waals surface area contributed by atoms with Crippen molar-refractivity contribution in [3.05, 3.63) is 47.4 Å². The van der Waals surface area contributed by atoms with Gasteiger partial charge in [0.25, 0.3) is 5.91 Å². The van der Waals surface area contributed by atoms with Crippen molar-refractivity contribution >= 4 is 17.4 Å². The third-order valence-electron chi connectivity index (χ3n) is 2.95. The number of carbonyl (C=O) groups excluding carboxylic acids is 1. The molecule has 1 amide bonds. The summed E-state index contributed by atoms with van der Waals surface area (Å²) in [5.41, 5.74) is -0.403. The van der Waals surface area contributed by atoms with Gasteiger partial charge in [-0.2, -0.15) is 13.2 Å². The van der Waals surface area contributed by atoms with E-state index in [9.17, 15) is 18.0 Å². The van der Waals surface area contributed by atoms with Gasteiger partial charge in [0.2, 0.25) is 0 Å². The van der Waals surface area contributed by atoms with Gasteiger partial charge in [0.05, 0.1) is 5.56 Å². The molecule has 0 bridgehead atoms. The summed E-state index contributed by atoms with van der Waals surface area (Å²) < 4.78 is 38.3. The van der Waals surface area contributed by atoms with Crippen molar-refractivity contribution in [3.8, 4) is 0 Å². The van der Waals surface area contributed by atoms with E-state index in [0.29, 0.717) is 5.82 Å². The molecule has 0 radical (unpaired) electrons. The molecular weight excluding hydrogens is 321 g/mol. The fraction of sp³-hybridized carbons (Fsp3) is 0.312. The van der Waals surface area contributed by atoms with Gasteiger partial charge in [-0.05, 0) is 39.0 Å². The van der Waals surface area contributed by atoms with Crippen LogP contribution in [0, 0.1) is 6.92 Å². The van der Waals surface area contributed by atoms with E-state index in [-0.39, 0.29) is 29.1 Å². The Morgan fingerprint density at radius 2 is 1.88 bits per heavy atom. The van der Waals surface area contributed by atoms with Crippen LogP contribution in [0.15, 0.2) is 30.3 Å². The summed E-state index contributed by atoms with van der Waals surface area (Å²) in [4.78, 5) is 20.2. The van der Waals surface area contributed by atoms with Gasteiger partial charge < -0.3 is 10.6 Å². The van der Waals surface area contributed by atoms with Crippen molar-refractivity contribution in [1.82, 2.24) is 15.3 Å². The molecule has 0 unspecified atom stereocenters. The van der Waals surface area contributed by atoms with E-state index in [2.05, 4.69) is 20.6 Å². The van der Waals surface area contributed by atoms with E-state index in [4.69, 9.17) is 0 Å². The van der Waals surface area contributed by atoms with Gasteiger partial charge in [0, 0.05) is 17.8 Å². The second-order valence-electron chi connectivity index (χ2n) is 5.52. The fourth-order valence-corrected chi connectivity index (χ4v) is 2.01. The Hall–Kier alpha value is -2.64. The number of amides is 1. The Morgan fingerprint density at radius 3 is 2.50 bits per heavy atom. The van der Waals surface area contributed by atoms with E-state index in [1.54, 1.807) is 6.92 Å². The monoisotopic (exact) mass is 338 g/mol. The van der Waals surface area contributed by atoms with Crippen molar-refractivity contribution in [2.45, 2.75) is 33.0 Å². The van der Waals surface area contributed by atoms with E-state index in [0.717, 1.165) is 12.1 Å². The van der Waals surface area contributed by atoms with Crippen molar-refractivity contribution < 1.29 is 18.0 Å². The van der Waals surface area contributed by atoms with Crippen LogP contribution < -0.4 is 10.6 Å². The van der Waals surface area contributed by atoms with Crippen LogP contribution in [0.4, 0.5) is 24.7 Å². The van der Waals surface area contributed by atoms with Crippen LogP contribution in [-0.2, 0) is 6.18 Å². The third-order valence-corrected chi connectivity index (χ3v) is 2.95. The van der Waals surface area contributed by atoms with Gasteiger partial charge in [0.1, 0.15) is 17.3 Å². The predicted molar refractivity (Wildman–Crippen MR) is 84.1 cm³/mol. The number of aromatic nitrogens is 2. The highest BCUT2D eigenvalue weighted by Crippen LogP contribution is 2.31. The first kappa shape index (κ1) is 17.7. The lowest BCUT2D eigenvalue weighted by Gasteiger charge is -2.12. The lowest BCUT2D eigenvalue weighted by molar-refractivity contribution is -0.137. The summed E-state index contributed by atoms with van der Waals surface area (Å²) in [5.74, 6) is 0.208. The summed E-state index contributed by atoms with van der Waals surface area (Å²) in [6.07, 6.45) is -4.43. The molecule has 0 spiro atoms. The molecule has 0 atom stereocenters. The van der Waals surface area contributed by atoms with Crippen LogP contribution in [0.5, 0.6) is 0 Å². The van der Waals surface area contributed by atoms with Crippen molar-refractivity contribution in [3.63, 3.8) is 0 Å². The average molecular weight is 338 g/mol. The molecule has 0 fully saturated rings. The second-order valence-corrected chi connectivity index (χ2v) is 5.52. The number of hydrogen-bond acceptors (Lipinski definition) is 4. The summed E-state index contributed by atoms with van der Waals surface area (Å²) >= 11 is 0. The zero-order chi connectivity index (χ0) is 17.9. The highest BCUT2D eigenvalue weighted by atomic mass is 19.4. The summed E-state index contributed by atoms with van der Waals surface area (Å²) in [6, 6.07) is 6.08. The summed E-state index contributed by atoms with van der Waals surface area (Å²) in [7, 11) is 0. The molecular formula is C16H17F3N4O. The van der Waals surface area contributed by atoms with Crippen molar-refractivity contribution in [1.29, 1.82) is 0 Å². The lowest BCUT2D eigenvalue weighted by Crippen LogP contribution is -2.31. The summed E-state index contributed by atoms with van der Waals surface area (Å²) in [5, 5.41) is 5.48. The maximum absolute atomic E-state index is 12.8. The van der Waals surface area contributed by atoms with E-state index in [1.165, 1.54) is 18.2 Å². The standard InChI is InChI=1S/C16H17F3N4O/c1-9(2)20-15(24)13-8-14(22-10(3)21-13)23-12-6-4-5-11(7-12)16(17,18)19/h4-9H,1-3H3,(H,20,24)(H,21,22,23). The number of aryl methyl sites for hydroxylation is 1. The Morgan fingerprint density at radius 1 is 1.17 bits per heavy atom. The van der Waals surface area contributed by atoms with Crippen LogP contribution in [0.2, 0.25) is 0 Å². The average Bonchev–Trinajstić information content (AvgIpc) is 2.45. The normalized spacial score (nSPS) is 11.5. The number of rotatable bonds is 4. The van der Waals surface area contributed by atoms with Gasteiger partial charge in [-0.15, -0.1) is 0 Å². The smallest absolute Gasteiger partial charge is 0.349 e. The first-order valence-corrected chi connectivity index (χ1v) is 7.26. The number of anilines is 2. The van der Waals surface area contributed by atoms with E-state index in [1.807, 2.05) is 13.8 Å². The van der Waals surface area contributed by atoms with Gasteiger partial charge in [-0.25, -0.2) is 9.97 Å². The topological polar surface area (TPSA) is 66.9 Å². The molecule has 0 aliphatic rings. The van der Waals surface area contributed by atoms with Crippen LogP contribution in [0.1, 0.15) is 35.7 Å². The maximum atomic E-state index is 12.8. The Labute approximate surface area is 137 Å². The van der Waals surface area contributed by atoms with Crippen molar-refractivity contribution in [2.24, 2.45) is 0 Å². The molecule has 0 saturated carbocycles. The molecule has 0 saturated heterocycles. The predicted octanol–water partition coefficient (Wildman–Crippen LogP) is 3.69. The number of halogens is 3. The van der Waals surface area contributed by atoms with E-state index < -0.39 is 11.7 Å². The number of nitrogens with one attached hydrogen (secondary N) is 2. The molecule has 1 aromatic carbocycles. The fourth-order valence-electron chi connectivity index (χ4n) is 2.01. The molecule has 128 valence electrons. The SMILES string of the molecule is Cc1nc(Nc2cccc(C(F)(F)F)c2)cc(C(=O)NC(C)C)n1. The molecule has 1 aromatic heterocycles. The largest absolute Gasteiger partial charge is 0.416 e. The lowest BCUT2D eigenvalue weighted by atomic mass is 10.2. The third kappa shape index (κ3) is 4.68. The second kappa shape index (κ2) is 6.86. The quantitative estimate of drug-likeness (QED) is 0.892. The molecule has 2 rings (SSSR count).